The second-order valence-corrected chi connectivity index (χ2v) is 7.48. The molecule has 1 saturated carbocycles. The van der Waals surface area contributed by atoms with Gasteiger partial charge in [0.1, 0.15) is 6.61 Å². The zero-order valence-electron chi connectivity index (χ0n) is 14.2. The quantitative estimate of drug-likeness (QED) is 0.479. The first-order valence-electron chi connectivity index (χ1n) is 7.69. The highest BCUT2D eigenvalue weighted by Gasteiger charge is 2.67. The number of rotatable bonds is 5. The van der Waals surface area contributed by atoms with Gasteiger partial charge >= 0.3 is 5.97 Å². The predicted molar refractivity (Wildman–Crippen MR) is 79.1 cm³/mol. The van der Waals surface area contributed by atoms with Crippen LogP contribution in [-0.2, 0) is 16.1 Å². The molecule has 2 rings (SSSR count). The molecule has 1 aliphatic rings. The number of aliphatic hydroxyl groups is 2. The second-order valence-electron chi connectivity index (χ2n) is 7.48. The number of benzene rings is 1. The lowest BCUT2D eigenvalue weighted by Gasteiger charge is -2.25. The number of carbonyl (C=O) groups excluding carboxylic acids is 1. The highest BCUT2D eigenvalue weighted by atomic mass is 19.2. The van der Waals surface area contributed by atoms with Crippen molar-refractivity contribution in [3.63, 3.8) is 0 Å². The average molecular weight is 364 g/mol. The van der Waals surface area contributed by atoms with Gasteiger partial charge in [0.05, 0.1) is 23.2 Å². The van der Waals surface area contributed by atoms with E-state index in [1.165, 1.54) is 13.8 Å². The molecule has 0 aliphatic heterocycles. The van der Waals surface area contributed by atoms with Crippen LogP contribution in [0.5, 0.6) is 0 Å². The number of carbonyl (C=O) groups is 1. The van der Waals surface area contributed by atoms with Gasteiger partial charge in [-0.2, -0.15) is 0 Å². The zero-order chi connectivity index (χ0) is 19.3. The molecule has 1 aromatic rings. The van der Waals surface area contributed by atoms with E-state index in [4.69, 9.17) is 4.74 Å². The minimum absolute atomic E-state index is 0.0652. The molecule has 1 aliphatic carbocycles. The van der Waals surface area contributed by atoms with Gasteiger partial charge in [-0.1, -0.05) is 13.8 Å². The minimum atomic E-state index is -1.63. The molecule has 0 amide bonds. The summed E-state index contributed by atoms with van der Waals surface area (Å²) < 4.78 is 58.3. The van der Waals surface area contributed by atoms with Gasteiger partial charge in [-0.15, -0.1) is 0 Å². The van der Waals surface area contributed by atoms with Gasteiger partial charge in [-0.05, 0) is 19.3 Å². The summed E-state index contributed by atoms with van der Waals surface area (Å²) in [6.45, 7) is 5.12. The van der Waals surface area contributed by atoms with Crippen molar-refractivity contribution < 1.29 is 37.3 Å². The van der Waals surface area contributed by atoms with Crippen LogP contribution in [0.3, 0.4) is 0 Å². The van der Waals surface area contributed by atoms with Gasteiger partial charge in [0.25, 0.3) is 0 Å². The van der Waals surface area contributed by atoms with E-state index in [0.717, 1.165) is 0 Å². The van der Waals surface area contributed by atoms with Gasteiger partial charge in [0, 0.05) is 12.0 Å². The van der Waals surface area contributed by atoms with Crippen LogP contribution in [0.2, 0.25) is 0 Å². The van der Waals surface area contributed by atoms with E-state index in [0.29, 0.717) is 0 Å². The Morgan fingerprint density at radius 2 is 1.72 bits per heavy atom. The molecule has 3 unspecified atom stereocenters. The maximum atomic E-state index is 13.6. The molecule has 4 nitrogen and oxygen atoms in total. The molecule has 0 aromatic heterocycles. The summed E-state index contributed by atoms with van der Waals surface area (Å²) in [5, 5.41) is 20.0. The zero-order valence-corrected chi connectivity index (χ0v) is 14.2. The predicted octanol–water partition coefficient (Wildman–Crippen LogP) is 2.69. The van der Waals surface area contributed by atoms with Crippen LogP contribution in [-0.4, -0.2) is 27.9 Å². The number of esters is 1. The lowest BCUT2D eigenvalue weighted by molar-refractivity contribution is -0.148. The molecule has 3 atom stereocenters. The molecule has 0 heterocycles. The molecule has 25 heavy (non-hydrogen) atoms. The van der Waals surface area contributed by atoms with Crippen LogP contribution < -0.4 is 0 Å². The largest absolute Gasteiger partial charge is 0.460 e. The van der Waals surface area contributed by atoms with E-state index in [1.54, 1.807) is 13.8 Å². The normalized spacial score (nSPS) is 23.3. The maximum absolute atomic E-state index is 13.6. The fourth-order valence-electron chi connectivity index (χ4n) is 3.14. The SMILES string of the molecule is CC(C)(O)C(O)C1C(C(=O)OCc2c(F)c(F)cc(F)c2F)C1(C)C. The number of aliphatic hydroxyl groups excluding tert-OH is 1. The molecule has 0 spiro atoms. The van der Waals surface area contributed by atoms with E-state index in [1.807, 2.05) is 0 Å². The summed E-state index contributed by atoms with van der Waals surface area (Å²) in [7, 11) is 0. The average Bonchev–Trinajstić information content (AvgIpc) is 3.05. The van der Waals surface area contributed by atoms with E-state index in [-0.39, 0.29) is 6.07 Å². The number of ether oxygens (including phenoxy) is 1. The number of hydrogen-bond acceptors (Lipinski definition) is 4. The van der Waals surface area contributed by atoms with Crippen molar-refractivity contribution in [2.45, 2.75) is 46.0 Å². The van der Waals surface area contributed by atoms with E-state index in [9.17, 15) is 32.6 Å². The third-order valence-corrected chi connectivity index (χ3v) is 4.79. The Balaban J connectivity index is 2.12. The standard InChI is InChI=1S/C17H20F4O4/c1-16(2)10(14(22)17(3,4)24)11(16)15(23)25-6-7-12(20)8(18)5-9(19)13(7)21/h5,10-11,14,22,24H,6H2,1-4H3. The molecular formula is C17H20F4O4. The van der Waals surface area contributed by atoms with Crippen molar-refractivity contribution in [2.75, 3.05) is 0 Å². The molecule has 0 radical (unpaired) electrons. The van der Waals surface area contributed by atoms with E-state index >= 15 is 0 Å². The Bertz CT molecular complexity index is 671. The second kappa shape index (κ2) is 6.25. The Labute approximate surface area is 142 Å². The molecule has 1 fully saturated rings. The number of halogens is 4. The van der Waals surface area contributed by atoms with Gasteiger partial charge < -0.3 is 14.9 Å². The minimum Gasteiger partial charge on any atom is -0.460 e. The summed E-state index contributed by atoms with van der Waals surface area (Å²) in [6, 6.07) is 0.0652. The highest BCUT2D eigenvalue weighted by molar-refractivity contribution is 5.78. The molecule has 0 saturated heterocycles. The molecule has 1 aromatic carbocycles. The van der Waals surface area contributed by atoms with Gasteiger partial charge in [0.15, 0.2) is 23.3 Å². The van der Waals surface area contributed by atoms with Crippen LogP contribution in [0.1, 0.15) is 33.3 Å². The van der Waals surface area contributed by atoms with Crippen molar-refractivity contribution in [1.82, 2.24) is 0 Å². The fourth-order valence-corrected chi connectivity index (χ4v) is 3.14. The molecular weight excluding hydrogens is 344 g/mol. The van der Waals surface area contributed by atoms with Crippen LogP contribution in [0.25, 0.3) is 0 Å². The molecule has 0 bridgehead atoms. The summed E-state index contributed by atoms with van der Waals surface area (Å²) in [5.41, 5.74) is -3.19. The van der Waals surface area contributed by atoms with Gasteiger partial charge in [-0.3, -0.25) is 4.79 Å². The topological polar surface area (TPSA) is 66.8 Å². The van der Waals surface area contributed by atoms with Gasteiger partial charge in [0.2, 0.25) is 0 Å². The van der Waals surface area contributed by atoms with Crippen molar-refractivity contribution in [1.29, 1.82) is 0 Å². The lowest BCUT2D eigenvalue weighted by atomic mass is 9.93. The van der Waals surface area contributed by atoms with Crippen LogP contribution in [0, 0.1) is 40.5 Å². The Morgan fingerprint density at radius 1 is 1.24 bits per heavy atom. The molecule has 2 N–H and O–H groups in total. The van der Waals surface area contributed by atoms with E-state index < -0.39 is 70.4 Å². The highest BCUT2D eigenvalue weighted by Crippen LogP contribution is 2.61. The third kappa shape index (κ3) is 3.50. The van der Waals surface area contributed by atoms with Crippen molar-refractivity contribution in [3.8, 4) is 0 Å². The third-order valence-electron chi connectivity index (χ3n) is 4.79. The monoisotopic (exact) mass is 364 g/mol. The molecule has 140 valence electrons. The Kier molecular flexibility index (Phi) is 4.91. The summed E-state index contributed by atoms with van der Waals surface area (Å²) in [6.07, 6.45) is -1.22. The Hall–Kier alpha value is -1.67. The first kappa shape index (κ1) is 19.7. The summed E-state index contributed by atoms with van der Waals surface area (Å²) in [5.74, 6) is -8.76. The van der Waals surface area contributed by atoms with Crippen LogP contribution >= 0.6 is 0 Å². The smallest absolute Gasteiger partial charge is 0.310 e. The van der Waals surface area contributed by atoms with Crippen LogP contribution in [0.15, 0.2) is 6.07 Å². The van der Waals surface area contributed by atoms with Gasteiger partial charge in [-0.25, -0.2) is 17.6 Å². The lowest BCUT2D eigenvalue weighted by Crippen LogP contribution is -2.39. The van der Waals surface area contributed by atoms with Crippen molar-refractivity contribution in [3.05, 3.63) is 34.9 Å². The van der Waals surface area contributed by atoms with Crippen molar-refractivity contribution in [2.24, 2.45) is 17.3 Å². The maximum Gasteiger partial charge on any atom is 0.310 e. The molecule has 8 heteroatoms. The fraction of sp³-hybridized carbons (Fsp3) is 0.588. The Morgan fingerprint density at radius 3 is 2.16 bits per heavy atom. The summed E-state index contributed by atoms with van der Waals surface area (Å²) >= 11 is 0. The summed E-state index contributed by atoms with van der Waals surface area (Å²) in [4.78, 5) is 12.2. The van der Waals surface area contributed by atoms with E-state index in [2.05, 4.69) is 0 Å². The van der Waals surface area contributed by atoms with Crippen molar-refractivity contribution >= 4 is 5.97 Å². The first-order chi connectivity index (χ1) is 11.3. The first-order valence-corrected chi connectivity index (χ1v) is 7.69. The number of hydrogen-bond donors (Lipinski definition) is 2. The van der Waals surface area contributed by atoms with Crippen LogP contribution in [0.4, 0.5) is 17.6 Å².